The van der Waals surface area contributed by atoms with Gasteiger partial charge in [0.1, 0.15) is 11.3 Å². The molecule has 23 heavy (non-hydrogen) atoms. The number of anilines is 1. The predicted octanol–water partition coefficient (Wildman–Crippen LogP) is 2.64. The third kappa shape index (κ3) is 4.99. The number of carbonyl (C=O) groups is 1. The number of aryl methyl sites for hydroxylation is 1. The summed E-state index contributed by atoms with van der Waals surface area (Å²) in [7, 11) is 1.73. The smallest absolute Gasteiger partial charge is 0.407 e. The van der Waals surface area contributed by atoms with Gasteiger partial charge in [-0.1, -0.05) is 0 Å². The number of hydrogen-bond donors (Lipinski definition) is 1. The molecule has 7 heteroatoms. The maximum Gasteiger partial charge on any atom is 0.407 e. The van der Waals surface area contributed by atoms with E-state index in [4.69, 9.17) is 4.74 Å². The summed E-state index contributed by atoms with van der Waals surface area (Å²) in [5.41, 5.74) is 0.0993. The molecule has 2 heterocycles. The number of piperidine rings is 1. The van der Waals surface area contributed by atoms with E-state index in [9.17, 15) is 9.59 Å². The van der Waals surface area contributed by atoms with Gasteiger partial charge in [0.2, 0.25) is 0 Å². The van der Waals surface area contributed by atoms with Gasteiger partial charge in [-0.15, -0.1) is 0 Å². The molecule has 1 unspecified atom stereocenters. The molecule has 1 aliphatic heterocycles. The third-order valence-electron chi connectivity index (χ3n) is 3.61. The second-order valence-corrected chi connectivity index (χ2v) is 7.81. The van der Waals surface area contributed by atoms with Crippen molar-refractivity contribution in [3.63, 3.8) is 0 Å². The molecule has 0 saturated carbocycles. The third-order valence-corrected chi connectivity index (χ3v) is 4.05. The average Bonchev–Trinajstić information content (AvgIpc) is 2.41. The second-order valence-electron chi connectivity index (χ2n) is 6.89. The minimum absolute atomic E-state index is 0.0257. The Morgan fingerprint density at radius 2 is 2.13 bits per heavy atom. The van der Waals surface area contributed by atoms with Crippen molar-refractivity contribution >= 4 is 27.7 Å². The van der Waals surface area contributed by atoms with Crippen molar-refractivity contribution in [3.8, 4) is 0 Å². The normalized spacial score (nSPS) is 18.7. The average molecular weight is 386 g/mol. The molecular weight excluding hydrogens is 362 g/mol. The molecule has 128 valence electrons. The first-order chi connectivity index (χ1) is 10.7. The molecule has 1 fully saturated rings. The van der Waals surface area contributed by atoms with Crippen LogP contribution in [0.3, 0.4) is 0 Å². The molecular formula is C16H24BrN3O3. The Hall–Kier alpha value is -1.50. The molecule has 1 saturated heterocycles. The van der Waals surface area contributed by atoms with Crippen LogP contribution in [0, 0.1) is 0 Å². The van der Waals surface area contributed by atoms with Crippen LogP contribution in [0.4, 0.5) is 10.5 Å². The van der Waals surface area contributed by atoms with E-state index in [-0.39, 0.29) is 11.6 Å². The number of pyridine rings is 1. The van der Waals surface area contributed by atoms with Crippen molar-refractivity contribution in [2.24, 2.45) is 7.05 Å². The Morgan fingerprint density at radius 1 is 1.43 bits per heavy atom. The molecule has 0 spiro atoms. The number of nitrogens with one attached hydrogen (secondary N) is 1. The van der Waals surface area contributed by atoms with E-state index in [2.05, 4.69) is 21.2 Å². The van der Waals surface area contributed by atoms with Crippen molar-refractivity contribution in [1.29, 1.82) is 0 Å². The summed E-state index contributed by atoms with van der Waals surface area (Å²) >= 11 is 3.43. The van der Waals surface area contributed by atoms with Crippen molar-refractivity contribution < 1.29 is 9.53 Å². The van der Waals surface area contributed by atoms with Gasteiger partial charge in [0, 0.05) is 36.8 Å². The molecule has 0 aliphatic carbocycles. The maximum atomic E-state index is 12.3. The predicted molar refractivity (Wildman–Crippen MR) is 94.0 cm³/mol. The number of ether oxygens (including phenoxy) is 1. The minimum Gasteiger partial charge on any atom is -0.444 e. The SMILES string of the molecule is Cn1cc(Br)cc(N2CCCC(NC(=O)OC(C)(C)C)C2)c1=O. The van der Waals surface area contributed by atoms with Crippen LogP contribution in [-0.4, -0.2) is 35.4 Å². The number of nitrogens with zero attached hydrogens (tertiary/aromatic N) is 2. The zero-order valence-corrected chi connectivity index (χ0v) is 15.6. The monoisotopic (exact) mass is 385 g/mol. The Kier molecular flexibility index (Phi) is 5.39. The van der Waals surface area contributed by atoms with Crippen LogP contribution < -0.4 is 15.8 Å². The lowest BCUT2D eigenvalue weighted by molar-refractivity contribution is 0.0500. The van der Waals surface area contributed by atoms with Gasteiger partial charge in [0.15, 0.2) is 0 Å². The fraction of sp³-hybridized carbons (Fsp3) is 0.625. The Morgan fingerprint density at radius 3 is 2.78 bits per heavy atom. The zero-order chi connectivity index (χ0) is 17.2. The molecule has 1 amide bonds. The highest BCUT2D eigenvalue weighted by Gasteiger charge is 2.25. The van der Waals surface area contributed by atoms with E-state index in [1.807, 2.05) is 31.7 Å². The molecule has 1 aromatic rings. The highest BCUT2D eigenvalue weighted by Crippen LogP contribution is 2.20. The summed E-state index contributed by atoms with van der Waals surface area (Å²) in [4.78, 5) is 26.3. The lowest BCUT2D eigenvalue weighted by atomic mass is 10.1. The van der Waals surface area contributed by atoms with Crippen LogP contribution in [0.1, 0.15) is 33.6 Å². The standard InChI is InChI=1S/C16H24BrN3O3/c1-16(2,3)23-15(22)18-12-6-5-7-20(10-12)13-8-11(17)9-19(4)14(13)21/h8-9,12H,5-7,10H2,1-4H3,(H,18,22). The molecule has 0 bridgehead atoms. The quantitative estimate of drug-likeness (QED) is 0.849. The topological polar surface area (TPSA) is 63.6 Å². The van der Waals surface area contributed by atoms with E-state index in [1.165, 1.54) is 0 Å². The van der Waals surface area contributed by atoms with E-state index in [0.717, 1.165) is 23.9 Å². The molecule has 2 rings (SSSR count). The number of hydrogen-bond acceptors (Lipinski definition) is 4. The van der Waals surface area contributed by atoms with Crippen LogP contribution in [0.25, 0.3) is 0 Å². The molecule has 6 nitrogen and oxygen atoms in total. The molecule has 0 aromatic carbocycles. The Bertz CT molecular complexity index is 636. The van der Waals surface area contributed by atoms with Crippen LogP contribution in [0.15, 0.2) is 21.5 Å². The first kappa shape index (κ1) is 17.8. The van der Waals surface area contributed by atoms with Gasteiger partial charge in [-0.2, -0.15) is 0 Å². The zero-order valence-electron chi connectivity index (χ0n) is 14.1. The van der Waals surface area contributed by atoms with Gasteiger partial charge in [0.05, 0.1) is 0 Å². The number of amides is 1. The van der Waals surface area contributed by atoms with Crippen LogP contribution in [-0.2, 0) is 11.8 Å². The second kappa shape index (κ2) is 6.95. The summed E-state index contributed by atoms with van der Waals surface area (Å²) in [6.45, 7) is 6.92. The highest BCUT2D eigenvalue weighted by atomic mass is 79.9. The largest absolute Gasteiger partial charge is 0.444 e. The summed E-state index contributed by atoms with van der Waals surface area (Å²) in [5, 5.41) is 2.90. The fourth-order valence-electron chi connectivity index (χ4n) is 2.67. The summed E-state index contributed by atoms with van der Waals surface area (Å²) in [6, 6.07) is 1.81. The summed E-state index contributed by atoms with van der Waals surface area (Å²) in [6.07, 6.45) is 3.12. The first-order valence-electron chi connectivity index (χ1n) is 7.76. The van der Waals surface area contributed by atoms with Gasteiger partial charge in [0.25, 0.3) is 5.56 Å². The minimum atomic E-state index is -0.515. The van der Waals surface area contributed by atoms with Crippen molar-refractivity contribution in [2.75, 3.05) is 18.0 Å². The fourth-order valence-corrected chi connectivity index (χ4v) is 3.19. The van der Waals surface area contributed by atoms with Crippen LogP contribution in [0.2, 0.25) is 0 Å². The Labute approximate surface area is 144 Å². The van der Waals surface area contributed by atoms with Gasteiger partial charge in [-0.3, -0.25) is 4.79 Å². The van der Waals surface area contributed by atoms with E-state index in [0.29, 0.717) is 12.2 Å². The lowest BCUT2D eigenvalue weighted by Gasteiger charge is -2.34. The molecule has 0 radical (unpaired) electrons. The van der Waals surface area contributed by atoms with Gasteiger partial charge in [-0.25, -0.2) is 4.79 Å². The van der Waals surface area contributed by atoms with Crippen molar-refractivity contribution in [2.45, 2.75) is 45.3 Å². The van der Waals surface area contributed by atoms with Gasteiger partial charge >= 0.3 is 6.09 Å². The van der Waals surface area contributed by atoms with Gasteiger partial charge < -0.3 is 19.5 Å². The Balaban J connectivity index is 2.07. The molecule has 1 aromatic heterocycles. The number of halogens is 1. The van der Waals surface area contributed by atoms with E-state index >= 15 is 0 Å². The number of alkyl carbamates (subject to hydrolysis) is 1. The van der Waals surface area contributed by atoms with E-state index in [1.54, 1.807) is 17.8 Å². The lowest BCUT2D eigenvalue weighted by Crippen LogP contribution is -2.50. The molecule has 1 aliphatic rings. The highest BCUT2D eigenvalue weighted by molar-refractivity contribution is 9.10. The van der Waals surface area contributed by atoms with Gasteiger partial charge in [-0.05, 0) is 55.6 Å². The van der Waals surface area contributed by atoms with Crippen LogP contribution >= 0.6 is 15.9 Å². The van der Waals surface area contributed by atoms with Crippen molar-refractivity contribution in [3.05, 3.63) is 27.1 Å². The summed E-state index contributed by atoms with van der Waals surface area (Å²) in [5.74, 6) is 0. The molecule has 1 N–H and O–H groups in total. The maximum absolute atomic E-state index is 12.3. The van der Waals surface area contributed by atoms with Crippen molar-refractivity contribution in [1.82, 2.24) is 9.88 Å². The van der Waals surface area contributed by atoms with E-state index < -0.39 is 11.7 Å². The summed E-state index contributed by atoms with van der Waals surface area (Å²) < 4.78 is 7.72. The number of carbonyl (C=O) groups excluding carboxylic acids is 1. The first-order valence-corrected chi connectivity index (χ1v) is 8.55. The number of rotatable bonds is 2. The molecule has 1 atom stereocenters. The number of aromatic nitrogens is 1. The van der Waals surface area contributed by atoms with Crippen LogP contribution in [0.5, 0.6) is 0 Å².